The number of halogens is 1. The molecule has 0 aliphatic heterocycles. The minimum absolute atomic E-state index is 0.214. The van der Waals surface area contributed by atoms with Crippen molar-refractivity contribution in [1.29, 1.82) is 0 Å². The molecule has 0 aliphatic carbocycles. The van der Waals surface area contributed by atoms with E-state index in [0.29, 0.717) is 5.02 Å². The molecule has 1 atom stereocenters. The quantitative estimate of drug-likeness (QED) is 0.645. The lowest BCUT2D eigenvalue weighted by Gasteiger charge is -2.17. The summed E-state index contributed by atoms with van der Waals surface area (Å²) in [6.07, 6.45) is 4.11. The number of aromatic nitrogens is 2. The minimum Gasteiger partial charge on any atom is -0.469 e. The predicted molar refractivity (Wildman–Crippen MR) is 70.2 cm³/mol. The summed E-state index contributed by atoms with van der Waals surface area (Å²) in [5.74, 6) is 6.58. The summed E-state index contributed by atoms with van der Waals surface area (Å²) in [7, 11) is 0. The number of aryl methyl sites for hydroxylation is 2. The molecular formula is C12H17ClN4O. The maximum Gasteiger partial charge on any atom is 0.108 e. The van der Waals surface area contributed by atoms with Gasteiger partial charge in [0.15, 0.2) is 0 Å². The average Bonchev–Trinajstić information content (AvgIpc) is 2.98. The first-order valence-corrected chi connectivity index (χ1v) is 6.34. The first-order valence-electron chi connectivity index (χ1n) is 5.96. The van der Waals surface area contributed by atoms with Crippen LogP contribution in [0.1, 0.15) is 36.9 Å². The normalized spacial score (nSPS) is 12.9. The number of hydrogen-bond acceptors (Lipinski definition) is 4. The van der Waals surface area contributed by atoms with E-state index in [1.165, 1.54) is 0 Å². The van der Waals surface area contributed by atoms with Crippen LogP contribution >= 0.6 is 11.6 Å². The molecule has 6 heteroatoms. The third-order valence-corrected chi connectivity index (χ3v) is 3.28. The van der Waals surface area contributed by atoms with Gasteiger partial charge in [-0.05, 0) is 13.0 Å². The second-order valence-electron chi connectivity index (χ2n) is 3.95. The number of furan rings is 1. The van der Waals surface area contributed by atoms with E-state index in [4.69, 9.17) is 21.9 Å². The Morgan fingerprint density at radius 1 is 1.56 bits per heavy atom. The number of nitrogens with one attached hydrogen (secondary N) is 1. The van der Waals surface area contributed by atoms with Crippen LogP contribution in [0.3, 0.4) is 0 Å². The summed E-state index contributed by atoms with van der Waals surface area (Å²) in [4.78, 5) is 0. The van der Waals surface area contributed by atoms with Gasteiger partial charge >= 0.3 is 0 Å². The van der Waals surface area contributed by atoms with Gasteiger partial charge in [0, 0.05) is 18.5 Å². The molecule has 98 valence electrons. The lowest BCUT2D eigenvalue weighted by Crippen LogP contribution is -2.31. The van der Waals surface area contributed by atoms with Crippen LogP contribution in [0, 0.1) is 0 Å². The Labute approximate surface area is 111 Å². The van der Waals surface area contributed by atoms with Crippen molar-refractivity contribution in [1.82, 2.24) is 15.2 Å². The third-order valence-electron chi connectivity index (χ3n) is 2.98. The second-order valence-corrected chi connectivity index (χ2v) is 4.35. The summed E-state index contributed by atoms with van der Waals surface area (Å²) in [6, 6.07) is 1.70. The van der Waals surface area contributed by atoms with Crippen molar-refractivity contribution >= 4 is 11.6 Å². The molecule has 0 fully saturated rings. The van der Waals surface area contributed by atoms with Crippen molar-refractivity contribution in [3.8, 4) is 0 Å². The third kappa shape index (κ3) is 2.16. The van der Waals surface area contributed by atoms with Crippen LogP contribution in [0.4, 0.5) is 0 Å². The Morgan fingerprint density at radius 2 is 2.33 bits per heavy atom. The van der Waals surface area contributed by atoms with Crippen LogP contribution in [0.5, 0.6) is 0 Å². The molecule has 2 aromatic rings. The van der Waals surface area contributed by atoms with Crippen LogP contribution in [0.25, 0.3) is 0 Å². The molecule has 0 radical (unpaired) electrons. The van der Waals surface area contributed by atoms with E-state index in [9.17, 15) is 0 Å². The van der Waals surface area contributed by atoms with Gasteiger partial charge in [-0.2, -0.15) is 5.10 Å². The number of nitrogens with zero attached hydrogens (tertiary/aromatic N) is 2. The number of nitrogens with two attached hydrogens (primary N) is 1. The average molecular weight is 269 g/mol. The predicted octanol–water partition coefficient (Wildman–Crippen LogP) is 2.26. The van der Waals surface area contributed by atoms with Crippen LogP contribution in [-0.4, -0.2) is 9.78 Å². The summed E-state index contributed by atoms with van der Waals surface area (Å²) in [5.41, 5.74) is 4.65. The molecule has 18 heavy (non-hydrogen) atoms. The first kappa shape index (κ1) is 13.1. The molecule has 3 N–H and O–H groups in total. The van der Waals surface area contributed by atoms with E-state index in [0.717, 1.165) is 30.0 Å². The smallest absolute Gasteiger partial charge is 0.108 e. The Hall–Kier alpha value is -1.30. The zero-order chi connectivity index (χ0) is 13.1. The summed E-state index contributed by atoms with van der Waals surface area (Å²) < 4.78 is 7.27. The second kappa shape index (κ2) is 5.56. The van der Waals surface area contributed by atoms with Crippen molar-refractivity contribution in [2.24, 2.45) is 5.84 Å². The molecule has 2 aromatic heterocycles. The minimum atomic E-state index is -0.214. The zero-order valence-corrected chi connectivity index (χ0v) is 11.2. The van der Waals surface area contributed by atoms with Crippen LogP contribution < -0.4 is 11.3 Å². The van der Waals surface area contributed by atoms with E-state index in [1.807, 2.05) is 24.6 Å². The molecule has 0 bridgehead atoms. The largest absolute Gasteiger partial charge is 0.469 e. The molecule has 0 aliphatic rings. The highest BCUT2D eigenvalue weighted by Crippen LogP contribution is 2.30. The van der Waals surface area contributed by atoms with Gasteiger partial charge in [-0.1, -0.05) is 18.5 Å². The Morgan fingerprint density at radius 3 is 2.94 bits per heavy atom. The first-order chi connectivity index (χ1) is 8.72. The Kier molecular flexibility index (Phi) is 4.06. The molecule has 0 saturated carbocycles. The Balaban J connectivity index is 2.48. The van der Waals surface area contributed by atoms with E-state index in [2.05, 4.69) is 10.5 Å². The SMILES string of the molecule is CCc1occc1C(NN)c1c(Cl)cnn1CC. The van der Waals surface area contributed by atoms with Crippen molar-refractivity contribution in [3.63, 3.8) is 0 Å². The van der Waals surface area contributed by atoms with E-state index >= 15 is 0 Å². The molecule has 2 rings (SSSR count). The fourth-order valence-corrected chi connectivity index (χ4v) is 2.37. The van der Waals surface area contributed by atoms with Crippen molar-refractivity contribution in [3.05, 3.63) is 40.6 Å². The fourth-order valence-electron chi connectivity index (χ4n) is 2.12. The van der Waals surface area contributed by atoms with Gasteiger partial charge in [-0.3, -0.25) is 10.5 Å². The standard InChI is InChI=1S/C12H17ClN4O/c1-3-10-8(5-6-18-10)11(16-14)12-9(13)7-15-17(12)4-2/h5-7,11,16H,3-4,14H2,1-2H3. The highest BCUT2D eigenvalue weighted by molar-refractivity contribution is 6.31. The van der Waals surface area contributed by atoms with Gasteiger partial charge < -0.3 is 4.42 Å². The van der Waals surface area contributed by atoms with Crippen molar-refractivity contribution < 1.29 is 4.42 Å². The van der Waals surface area contributed by atoms with Crippen LogP contribution in [0.2, 0.25) is 5.02 Å². The Bertz CT molecular complexity index is 520. The van der Waals surface area contributed by atoms with Gasteiger partial charge in [-0.25, -0.2) is 5.43 Å². The van der Waals surface area contributed by atoms with Gasteiger partial charge in [-0.15, -0.1) is 0 Å². The van der Waals surface area contributed by atoms with Gasteiger partial charge in [0.2, 0.25) is 0 Å². The lowest BCUT2D eigenvalue weighted by molar-refractivity contribution is 0.492. The van der Waals surface area contributed by atoms with E-state index in [1.54, 1.807) is 12.5 Å². The van der Waals surface area contributed by atoms with E-state index < -0.39 is 0 Å². The van der Waals surface area contributed by atoms with Gasteiger partial charge in [0.25, 0.3) is 0 Å². The van der Waals surface area contributed by atoms with Crippen molar-refractivity contribution in [2.45, 2.75) is 32.9 Å². The molecule has 0 amide bonds. The number of rotatable bonds is 5. The summed E-state index contributed by atoms with van der Waals surface area (Å²) in [5, 5.41) is 4.83. The van der Waals surface area contributed by atoms with Crippen LogP contribution in [0.15, 0.2) is 22.9 Å². The molecule has 0 saturated heterocycles. The molecule has 5 nitrogen and oxygen atoms in total. The highest BCUT2D eigenvalue weighted by Gasteiger charge is 2.24. The van der Waals surface area contributed by atoms with Crippen LogP contribution in [-0.2, 0) is 13.0 Å². The maximum absolute atomic E-state index is 6.20. The fraction of sp³-hybridized carbons (Fsp3) is 0.417. The summed E-state index contributed by atoms with van der Waals surface area (Å²) in [6.45, 7) is 4.78. The summed E-state index contributed by atoms with van der Waals surface area (Å²) >= 11 is 6.20. The van der Waals surface area contributed by atoms with Gasteiger partial charge in [0.05, 0.1) is 29.2 Å². The molecule has 1 unspecified atom stereocenters. The molecule has 2 heterocycles. The lowest BCUT2D eigenvalue weighted by atomic mass is 10.0. The van der Waals surface area contributed by atoms with E-state index in [-0.39, 0.29) is 6.04 Å². The highest BCUT2D eigenvalue weighted by atomic mass is 35.5. The molecular weight excluding hydrogens is 252 g/mol. The maximum atomic E-state index is 6.20. The molecule has 0 aromatic carbocycles. The molecule has 0 spiro atoms. The zero-order valence-electron chi connectivity index (χ0n) is 10.5. The van der Waals surface area contributed by atoms with Crippen molar-refractivity contribution in [2.75, 3.05) is 0 Å². The van der Waals surface area contributed by atoms with Gasteiger partial charge in [0.1, 0.15) is 5.76 Å². The number of hydrogen-bond donors (Lipinski definition) is 2. The topological polar surface area (TPSA) is 69.0 Å². The number of hydrazine groups is 1. The monoisotopic (exact) mass is 268 g/mol.